The van der Waals surface area contributed by atoms with E-state index in [1.807, 2.05) is 33.3 Å². The van der Waals surface area contributed by atoms with Gasteiger partial charge in [0.2, 0.25) is 5.91 Å². The summed E-state index contributed by atoms with van der Waals surface area (Å²) < 4.78 is 30.3. The first kappa shape index (κ1) is 72.8. The Bertz CT molecular complexity index is 1270. The quantitative estimate of drug-likeness (QED) is 0.0212. The maximum atomic E-state index is 13.5. The number of hydrogen-bond donors (Lipinski definition) is 1. The molecule has 0 aliphatic carbocycles. The van der Waals surface area contributed by atoms with Crippen molar-refractivity contribution in [2.45, 2.75) is 348 Å². The van der Waals surface area contributed by atoms with E-state index in [1.54, 1.807) is 0 Å². The molecule has 0 saturated heterocycles. The Balaban J connectivity index is 4.97. The van der Waals surface area contributed by atoms with Gasteiger partial charge in [0.15, 0.2) is 0 Å². The normalized spacial score (nSPS) is 13.7. The number of hydrogen-bond acceptors (Lipinski definition) is 7. The van der Waals surface area contributed by atoms with Gasteiger partial charge in [0.05, 0.1) is 33.8 Å². The molecule has 0 heterocycles. The number of likely N-dealkylation sites (N-methyl/N-ethyl adjacent to an activating group) is 1. The number of esters is 1. The molecule has 9 nitrogen and oxygen atoms in total. The summed E-state index contributed by atoms with van der Waals surface area (Å²) in [6, 6.07) is -0.879. The number of carbonyl (C=O) groups is 2. The Hall–Kier alpha value is -1.25. The minimum atomic E-state index is -4.69. The Kier molecular flexibility index (Phi) is 54.1. The van der Waals surface area contributed by atoms with Crippen LogP contribution in [-0.4, -0.2) is 69.4 Å². The van der Waals surface area contributed by atoms with Gasteiger partial charge in [-0.05, 0) is 31.8 Å². The number of unbranched alkanes of at least 4 members (excludes halogenated alkanes) is 44. The number of amides is 1. The summed E-state index contributed by atoms with van der Waals surface area (Å²) in [5.41, 5.74) is 0. The van der Waals surface area contributed by atoms with Crippen LogP contribution in [0.15, 0.2) is 12.2 Å². The average molecular weight is 1070 g/mol. The molecule has 3 unspecified atom stereocenters. The Morgan fingerprint density at radius 3 is 1.11 bits per heavy atom. The molecule has 0 radical (unpaired) electrons. The Morgan fingerprint density at radius 2 is 0.770 bits per heavy atom. The van der Waals surface area contributed by atoms with Crippen LogP contribution in [0.5, 0.6) is 0 Å². The zero-order valence-corrected chi connectivity index (χ0v) is 51.2. The van der Waals surface area contributed by atoms with Gasteiger partial charge >= 0.3 is 5.97 Å². The highest BCUT2D eigenvalue weighted by atomic mass is 31.2. The summed E-state index contributed by atoms with van der Waals surface area (Å²) in [5, 5.41) is 3.04. The Labute approximate surface area is 461 Å². The molecule has 0 fully saturated rings. The van der Waals surface area contributed by atoms with Gasteiger partial charge in [-0.1, -0.05) is 303 Å². The molecule has 1 amide bonds. The third-order valence-corrected chi connectivity index (χ3v) is 15.9. The molecule has 0 saturated carbocycles. The number of allylic oxidation sites excluding steroid dienone is 1. The number of ether oxygens (including phenoxy) is 1. The van der Waals surface area contributed by atoms with Crippen molar-refractivity contribution in [2.75, 3.05) is 40.9 Å². The molecule has 0 spiro atoms. The third-order valence-electron chi connectivity index (χ3n) is 15.0. The van der Waals surface area contributed by atoms with Crippen molar-refractivity contribution in [1.29, 1.82) is 0 Å². The molecule has 10 heteroatoms. The van der Waals surface area contributed by atoms with E-state index in [0.717, 1.165) is 57.8 Å². The van der Waals surface area contributed by atoms with Gasteiger partial charge < -0.3 is 28.5 Å². The van der Waals surface area contributed by atoms with Gasteiger partial charge in [-0.2, -0.15) is 0 Å². The van der Waals surface area contributed by atoms with Gasteiger partial charge in [0.1, 0.15) is 19.3 Å². The lowest BCUT2D eigenvalue weighted by Crippen LogP contribution is -2.47. The first-order chi connectivity index (χ1) is 35.9. The van der Waals surface area contributed by atoms with Crippen LogP contribution in [0, 0.1) is 0 Å². The fourth-order valence-electron chi connectivity index (χ4n) is 9.94. The number of phosphoric acid groups is 1. The van der Waals surface area contributed by atoms with Crippen molar-refractivity contribution in [3.63, 3.8) is 0 Å². The van der Waals surface area contributed by atoms with Crippen LogP contribution in [0.25, 0.3) is 0 Å². The van der Waals surface area contributed by atoms with Crippen molar-refractivity contribution in [2.24, 2.45) is 0 Å². The highest BCUT2D eigenvalue weighted by molar-refractivity contribution is 7.45. The number of nitrogens with one attached hydrogen (secondary N) is 1. The topological polar surface area (TPSA) is 114 Å². The Morgan fingerprint density at radius 1 is 0.459 bits per heavy atom. The molecule has 0 aliphatic heterocycles. The maximum Gasteiger partial charge on any atom is 0.306 e. The number of carbonyl (C=O) groups excluding carboxylic acids is 2. The van der Waals surface area contributed by atoms with E-state index in [4.69, 9.17) is 13.8 Å². The molecule has 1 N–H and O–H groups in total. The van der Waals surface area contributed by atoms with E-state index in [-0.39, 0.29) is 31.5 Å². The molecule has 0 bridgehead atoms. The van der Waals surface area contributed by atoms with Crippen LogP contribution in [0.4, 0.5) is 0 Å². The predicted molar refractivity (Wildman–Crippen MR) is 317 cm³/mol. The maximum absolute atomic E-state index is 13.5. The van der Waals surface area contributed by atoms with Crippen LogP contribution in [0.2, 0.25) is 0 Å². The van der Waals surface area contributed by atoms with Gasteiger partial charge in [0, 0.05) is 12.8 Å². The fourth-order valence-corrected chi connectivity index (χ4v) is 10.7. The van der Waals surface area contributed by atoms with Crippen molar-refractivity contribution in [1.82, 2.24) is 5.32 Å². The number of quaternary nitrogens is 1. The summed E-state index contributed by atoms with van der Waals surface area (Å²) in [7, 11) is 1.21. The fraction of sp³-hybridized carbons (Fsp3) is 0.938. The zero-order chi connectivity index (χ0) is 54.3. The highest BCUT2D eigenvalue weighted by Crippen LogP contribution is 2.38. The smallest absolute Gasteiger partial charge is 0.306 e. The van der Waals surface area contributed by atoms with Crippen LogP contribution >= 0.6 is 7.82 Å². The summed E-state index contributed by atoms with van der Waals surface area (Å²) in [4.78, 5) is 39.9. The summed E-state index contributed by atoms with van der Waals surface area (Å²) in [6.45, 7) is 6.89. The largest absolute Gasteiger partial charge is 0.756 e. The van der Waals surface area contributed by atoms with Crippen molar-refractivity contribution in [3.05, 3.63) is 12.2 Å². The molecular formula is C64H127N2O7P. The predicted octanol–water partition coefficient (Wildman–Crippen LogP) is 19.3. The summed E-state index contributed by atoms with van der Waals surface area (Å²) >= 11 is 0. The molecule has 440 valence electrons. The molecule has 0 aromatic heterocycles. The number of rotatable bonds is 60. The van der Waals surface area contributed by atoms with Gasteiger partial charge in [-0.25, -0.2) is 0 Å². The van der Waals surface area contributed by atoms with E-state index >= 15 is 0 Å². The van der Waals surface area contributed by atoms with Crippen LogP contribution in [0.3, 0.4) is 0 Å². The van der Waals surface area contributed by atoms with Crippen LogP contribution < -0.4 is 10.2 Å². The van der Waals surface area contributed by atoms with E-state index in [0.29, 0.717) is 17.4 Å². The summed E-state index contributed by atoms with van der Waals surface area (Å²) in [5.74, 6) is -0.521. The van der Waals surface area contributed by atoms with Gasteiger partial charge in [-0.3, -0.25) is 14.2 Å². The van der Waals surface area contributed by atoms with Crippen LogP contribution in [-0.2, 0) is 27.9 Å². The monoisotopic (exact) mass is 1070 g/mol. The molecule has 0 aromatic carbocycles. The second-order valence-electron chi connectivity index (χ2n) is 23.6. The zero-order valence-electron chi connectivity index (χ0n) is 50.3. The molecule has 0 aliphatic rings. The minimum Gasteiger partial charge on any atom is -0.756 e. The standard InChI is InChI=1S/C64H127N2O7P/c1-7-10-13-16-19-22-25-27-28-29-30-31-32-33-34-35-36-37-38-39-42-44-47-50-53-56-63(67)65-61(60-72-74(69,70)71-59-58-66(4,5)6)62(55-52-49-46-43-41-26-23-20-17-14-11-8-2)73-64(68)57-54-51-48-45-40-24-21-18-15-12-9-3/h52,55,61-62H,7-51,53-54,56-60H2,1-6H3,(H-,65,67,69,70)/b55-52-. The van der Waals surface area contributed by atoms with E-state index < -0.39 is 20.0 Å². The molecule has 0 aromatic rings. The van der Waals surface area contributed by atoms with E-state index in [2.05, 4.69) is 26.1 Å². The van der Waals surface area contributed by atoms with Gasteiger partial charge in [-0.15, -0.1) is 0 Å². The second-order valence-corrected chi connectivity index (χ2v) is 25.0. The van der Waals surface area contributed by atoms with Crippen molar-refractivity contribution >= 4 is 19.7 Å². The second kappa shape index (κ2) is 55.1. The summed E-state index contributed by atoms with van der Waals surface area (Å²) in [6.07, 6.45) is 63.4. The minimum absolute atomic E-state index is 0.0168. The molecular weight excluding hydrogens is 940 g/mol. The lowest BCUT2D eigenvalue weighted by Gasteiger charge is -2.30. The van der Waals surface area contributed by atoms with Gasteiger partial charge in [0.25, 0.3) is 7.82 Å². The highest BCUT2D eigenvalue weighted by Gasteiger charge is 2.27. The SMILES string of the molecule is CCCCCCCCCCCC/C=C\C(OC(=O)CCCCCCCCCCCCC)C(COP(=O)([O-])OCC[N+](C)(C)C)NC(=O)CCCCCCCCCCCCCCCCCCCCCCCCCCC. The van der Waals surface area contributed by atoms with E-state index in [1.165, 1.54) is 244 Å². The number of phosphoric ester groups is 1. The average Bonchev–Trinajstić information content (AvgIpc) is 3.36. The lowest BCUT2D eigenvalue weighted by atomic mass is 10.0. The molecule has 0 rings (SSSR count). The van der Waals surface area contributed by atoms with Crippen molar-refractivity contribution in [3.8, 4) is 0 Å². The first-order valence-electron chi connectivity index (χ1n) is 32.5. The first-order valence-corrected chi connectivity index (χ1v) is 34.0. The molecule has 74 heavy (non-hydrogen) atoms. The molecule has 3 atom stereocenters. The van der Waals surface area contributed by atoms with Crippen molar-refractivity contribution < 1.29 is 37.3 Å². The number of nitrogens with zero attached hydrogens (tertiary/aromatic N) is 1. The third kappa shape index (κ3) is 55.5. The van der Waals surface area contributed by atoms with E-state index in [9.17, 15) is 19.0 Å². The van der Waals surface area contributed by atoms with Crippen LogP contribution in [0.1, 0.15) is 335 Å². The lowest BCUT2D eigenvalue weighted by molar-refractivity contribution is -0.870.